The number of alkyl carbamates (subject to hydrolysis) is 1. The van der Waals surface area contributed by atoms with Crippen molar-refractivity contribution in [1.29, 1.82) is 0 Å². The van der Waals surface area contributed by atoms with Crippen LogP contribution in [0.4, 0.5) is 9.59 Å². The number of nitrogens with zero attached hydrogens (tertiary/aromatic N) is 4. The number of fused-ring (bicyclic) bond motifs is 1. The lowest BCUT2D eigenvalue weighted by Gasteiger charge is -2.28. The number of carbonyl (C=O) groups excluding carboxylic acids is 3. The SMILES string of the molecule is COc1nc(-c2cccc(-c3cccc(-c4ccn5c(=O)c(C)c(CN(CC(C)O)C(=O)OC(C)(C)C)nc5c4)c3Cl)c2Cl)ccc1COC(=O)NCC1CCC(=O)N1. The molecule has 0 radical (unpaired) electrons. The number of aliphatic hydroxyl groups excluding tert-OH is 1. The molecule has 0 bridgehead atoms. The molecule has 3 aromatic heterocycles. The van der Waals surface area contributed by atoms with E-state index < -0.39 is 23.9 Å². The average Bonchev–Trinajstić information content (AvgIpc) is 3.61. The lowest BCUT2D eigenvalue weighted by molar-refractivity contribution is -0.119. The minimum absolute atomic E-state index is 0.0175. The van der Waals surface area contributed by atoms with E-state index in [0.717, 1.165) is 0 Å². The van der Waals surface area contributed by atoms with Crippen LogP contribution in [0.25, 0.3) is 39.2 Å². The van der Waals surface area contributed by atoms with Gasteiger partial charge in [-0.2, -0.15) is 0 Å². The minimum Gasteiger partial charge on any atom is -0.481 e. The molecule has 3 N–H and O–H groups in total. The van der Waals surface area contributed by atoms with Crippen LogP contribution >= 0.6 is 23.2 Å². The van der Waals surface area contributed by atoms with Gasteiger partial charge in [0.2, 0.25) is 11.8 Å². The summed E-state index contributed by atoms with van der Waals surface area (Å²) in [5.41, 5.74) is 4.30. The zero-order chi connectivity index (χ0) is 42.6. The molecule has 310 valence electrons. The molecule has 1 saturated heterocycles. The molecule has 14 nitrogen and oxygen atoms in total. The first-order valence-corrected chi connectivity index (χ1v) is 19.8. The quantitative estimate of drug-likeness (QED) is 0.115. The van der Waals surface area contributed by atoms with E-state index >= 15 is 0 Å². The standard InChI is InChI=1S/C43H46Cl2N6O8/c1-24(52)21-50(42(56)59-43(3,4)5)22-34-25(2)40(54)51-18-17-26(19-35(51)48-34)29-9-7-10-30(37(29)44)31-11-8-12-32(38(31)45)33-15-13-27(39(49-33)57-6)23-58-41(55)46-20-28-14-16-36(53)47-28/h7-13,15,17-19,24,28,52H,14,16,20-23H2,1-6H3,(H,46,55)(H,47,53). The number of hydrogen-bond acceptors (Lipinski definition) is 10. The van der Waals surface area contributed by atoms with Gasteiger partial charge in [0.05, 0.1) is 53.3 Å². The van der Waals surface area contributed by atoms with Gasteiger partial charge in [-0.25, -0.2) is 19.6 Å². The molecule has 2 aromatic carbocycles. The maximum atomic E-state index is 13.5. The van der Waals surface area contributed by atoms with Gasteiger partial charge in [0, 0.05) is 53.0 Å². The largest absolute Gasteiger partial charge is 0.481 e. The monoisotopic (exact) mass is 844 g/mol. The summed E-state index contributed by atoms with van der Waals surface area (Å²) in [4.78, 5) is 61.2. The number of aliphatic hydroxyl groups is 1. The van der Waals surface area contributed by atoms with Crippen LogP contribution < -0.4 is 20.9 Å². The van der Waals surface area contributed by atoms with Crippen molar-refractivity contribution in [3.8, 4) is 39.4 Å². The Balaban J connectivity index is 1.26. The van der Waals surface area contributed by atoms with E-state index in [-0.39, 0.29) is 49.6 Å². The van der Waals surface area contributed by atoms with Crippen molar-refractivity contribution >= 4 is 46.9 Å². The number of halogens is 2. The van der Waals surface area contributed by atoms with Crippen LogP contribution in [0.1, 0.15) is 57.4 Å². The Bertz CT molecular complexity index is 2470. The molecule has 1 fully saturated rings. The minimum atomic E-state index is -0.842. The third-order valence-corrected chi connectivity index (χ3v) is 10.4. The zero-order valence-electron chi connectivity index (χ0n) is 33.6. The third kappa shape index (κ3) is 10.1. The van der Waals surface area contributed by atoms with E-state index in [1.54, 1.807) is 65.1 Å². The average molecular weight is 846 g/mol. The van der Waals surface area contributed by atoms with Gasteiger partial charge in [-0.05, 0) is 70.9 Å². The summed E-state index contributed by atoms with van der Waals surface area (Å²) in [6, 6.07) is 18.0. The summed E-state index contributed by atoms with van der Waals surface area (Å²) in [5.74, 6) is 0.216. The molecule has 2 unspecified atom stereocenters. The topological polar surface area (TPSA) is 174 Å². The highest BCUT2D eigenvalue weighted by molar-refractivity contribution is 6.39. The second-order valence-electron chi connectivity index (χ2n) is 15.3. The summed E-state index contributed by atoms with van der Waals surface area (Å²) >= 11 is 14.3. The predicted octanol–water partition coefficient (Wildman–Crippen LogP) is 7.34. The van der Waals surface area contributed by atoms with Crippen LogP contribution in [0.5, 0.6) is 5.88 Å². The number of amides is 3. The van der Waals surface area contributed by atoms with Crippen LogP contribution in [-0.2, 0) is 27.4 Å². The number of hydrogen-bond donors (Lipinski definition) is 3. The number of methoxy groups -OCH3 is 1. The van der Waals surface area contributed by atoms with E-state index in [9.17, 15) is 24.3 Å². The van der Waals surface area contributed by atoms with Crippen molar-refractivity contribution in [2.75, 3.05) is 20.2 Å². The van der Waals surface area contributed by atoms with E-state index in [1.807, 2.05) is 36.4 Å². The number of aromatic nitrogens is 3. The maximum absolute atomic E-state index is 13.5. The number of rotatable bonds is 12. The van der Waals surface area contributed by atoms with Crippen LogP contribution in [0.3, 0.4) is 0 Å². The fourth-order valence-electron chi connectivity index (χ4n) is 6.66. The van der Waals surface area contributed by atoms with Gasteiger partial charge in [0.25, 0.3) is 5.56 Å². The molecule has 0 spiro atoms. The van der Waals surface area contributed by atoms with E-state index in [2.05, 4.69) is 15.6 Å². The molecule has 3 amide bonds. The van der Waals surface area contributed by atoms with Crippen molar-refractivity contribution in [2.24, 2.45) is 0 Å². The van der Waals surface area contributed by atoms with Crippen LogP contribution in [-0.4, -0.2) is 80.4 Å². The van der Waals surface area contributed by atoms with Crippen LogP contribution in [0.15, 0.2) is 71.7 Å². The fraction of sp³-hybridized carbons (Fsp3) is 0.349. The molecule has 1 aliphatic rings. The zero-order valence-corrected chi connectivity index (χ0v) is 35.1. The first-order chi connectivity index (χ1) is 28.0. The van der Waals surface area contributed by atoms with Gasteiger partial charge < -0.3 is 30.0 Å². The molecule has 16 heteroatoms. The summed E-state index contributed by atoms with van der Waals surface area (Å²) in [5, 5.41) is 16.4. The maximum Gasteiger partial charge on any atom is 0.410 e. The van der Waals surface area contributed by atoms with Gasteiger partial charge in [0.1, 0.15) is 17.9 Å². The Labute approximate surface area is 351 Å². The highest BCUT2D eigenvalue weighted by atomic mass is 35.5. The molecule has 2 atom stereocenters. The molecule has 4 heterocycles. The van der Waals surface area contributed by atoms with E-state index in [0.29, 0.717) is 78.9 Å². The van der Waals surface area contributed by atoms with Gasteiger partial charge in [-0.15, -0.1) is 0 Å². The number of carbonyl (C=O) groups is 3. The lowest BCUT2D eigenvalue weighted by Crippen LogP contribution is -2.40. The molecule has 0 aliphatic carbocycles. The molecule has 59 heavy (non-hydrogen) atoms. The van der Waals surface area contributed by atoms with Gasteiger partial charge in [-0.3, -0.25) is 18.9 Å². The summed E-state index contributed by atoms with van der Waals surface area (Å²) < 4.78 is 17.9. The van der Waals surface area contributed by atoms with Crippen LogP contribution in [0.2, 0.25) is 10.0 Å². The van der Waals surface area contributed by atoms with Crippen molar-refractivity contribution in [3.05, 3.63) is 104 Å². The number of nitrogens with one attached hydrogen (secondary N) is 2. The molecular formula is C43H46Cl2N6O8. The Morgan fingerprint density at radius 3 is 2.34 bits per heavy atom. The fourth-order valence-corrected chi connectivity index (χ4v) is 7.32. The van der Waals surface area contributed by atoms with Gasteiger partial charge >= 0.3 is 12.2 Å². The number of benzene rings is 2. The molecule has 6 rings (SSSR count). The smallest absolute Gasteiger partial charge is 0.410 e. The molecular weight excluding hydrogens is 799 g/mol. The Kier molecular flexibility index (Phi) is 13.1. The third-order valence-electron chi connectivity index (χ3n) is 9.58. The number of ether oxygens (including phenoxy) is 3. The summed E-state index contributed by atoms with van der Waals surface area (Å²) in [7, 11) is 1.47. The van der Waals surface area contributed by atoms with Crippen molar-refractivity contribution in [3.63, 3.8) is 0 Å². The predicted molar refractivity (Wildman–Crippen MR) is 225 cm³/mol. The van der Waals surface area contributed by atoms with Gasteiger partial charge in [0.15, 0.2) is 0 Å². The highest BCUT2D eigenvalue weighted by Crippen LogP contribution is 2.42. The highest BCUT2D eigenvalue weighted by Gasteiger charge is 2.26. The second-order valence-corrected chi connectivity index (χ2v) is 16.1. The van der Waals surface area contributed by atoms with Gasteiger partial charge in [-0.1, -0.05) is 59.6 Å². The van der Waals surface area contributed by atoms with E-state index in [1.165, 1.54) is 16.4 Å². The van der Waals surface area contributed by atoms with Crippen molar-refractivity contribution in [1.82, 2.24) is 29.9 Å². The van der Waals surface area contributed by atoms with E-state index in [4.69, 9.17) is 42.4 Å². The Hall–Kier alpha value is -5.70. The lowest BCUT2D eigenvalue weighted by atomic mass is 9.97. The van der Waals surface area contributed by atoms with Crippen molar-refractivity contribution < 1.29 is 33.7 Å². The first-order valence-electron chi connectivity index (χ1n) is 19.0. The first kappa shape index (κ1) is 42.9. The Morgan fingerprint density at radius 1 is 1.02 bits per heavy atom. The summed E-state index contributed by atoms with van der Waals surface area (Å²) in [6.07, 6.45) is 0.617. The second kappa shape index (κ2) is 18.1. The van der Waals surface area contributed by atoms with Crippen molar-refractivity contribution in [2.45, 2.75) is 78.4 Å². The number of pyridine rings is 2. The molecule has 5 aromatic rings. The molecule has 1 aliphatic heterocycles. The molecule has 0 saturated carbocycles. The normalized spacial score (nSPS) is 14.5. The summed E-state index contributed by atoms with van der Waals surface area (Å²) in [6.45, 7) is 8.58. The van der Waals surface area contributed by atoms with Crippen LogP contribution in [0, 0.1) is 6.92 Å². The Morgan fingerprint density at radius 2 is 1.69 bits per heavy atom.